The molecule has 7 heteroatoms. The fraction of sp³-hybridized carbons (Fsp3) is 0.692. The van der Waals surface area contributed by atoms with Gasteiger partial charge in [0.05, 0.1) is 19.5 Å². The predicted molar refractivity (Wildman–Crippen MR) is 74.4 cm³/mol. The van der Waals surface area contributed by atoms with Crippen LogP contribution in [0.3, 0.4) is 0 Å². The molecule has 0 unspecified atom stereocenters. The first-order valence-corrected chi connectivity index (χ1v) is 8.42. The summed E-state index contributed by atoms with van der Waals surface area (Å²) in [7, 11) is -3.34. The van der Waals surface area contributed by atoms with Gasteiger partial charge in [-0.05, 0) is 37.8 Å². The van der Waals surface area contributed by atoms with Crippen LogP contribution in [0.5, 0.6) is 0 Å². The number of ether oxygens (including phenoxy) is 2. The Hall–Kier alpha value is -1.05. The summed E-state index contributed by atoms with van der Waals surface area (Å²) < 4.78 is 35.9. The Morgan fingerprint density at radius 1 is 1.15 bits per heavy atom. The summed E-state index contributed by atoms with van der Waals surface area (Å²) >= 11 is 0. The molecule has 116 valence electrons. The zero-order valence-corrected chi connectivity index (χ0v) is 12.5. The third-order valence-electron chi connectivity index (χ3n) is 2.59. The van der Waals surface area contributed by atoms with Crippen molar-refractivity contribution in [3.05, 3.63) is 23.7 Å². The van der Waals surface area contributed by atoms with Crippen molar-refractivity contribution in [2.24, 2.45) is 0 Å². The van der Waals surface area contributed by atoms with Crippen molar-refractivity contribution in [1.82, 2.24) is 0 Å². The van der Waals surface area contributed by atoms with Gasteiger partial charge >= 0.3 is 0 Å². The maximum absolute atomic E-state index is 10.6. The molecule has 0 bridgehead atoms. The van der Waals surface area contributed by atoms with Gasteiger partial charge in [-0.2, -0.15) is 8.42 Å². The molecule has 0 amide bonds. The fourth-order valence-corrected chi connectivity index (χ4v) is 1.92. The van der Waals surface area contributed by atoms with E-state index in [-0.39, 0.29) is 13.2 Å². The van der Waals surface area contributed by atoms with E-state index in [4.69, 9.17) is 14.6 Å². The van der Waals surface area contributed by atoms with Crippen LogP contribution in [0.2, 0.25) is 0 Å². The van der Waals surface area contributed by atoms with Gasteiger partial charge < -0.3 is 14.6 Å². The van der Waals surface area contributed by atoms with E-state index < -0.39 is 10.1 Å². The smallest absolute Gasteiger partial charge is 0.264 e. The second-order valence-corrected chi connectivity index (χ2v) is 6.09. The predicted octanol–water partition coefficient (Wildman–Crippen LogP) is 1.33. The normalized spacial score (nSPS) is 18.7. The van der Waals surface area contributed by atoms with E-state index >= 15 is 0 Å². The Morgan fingerprint density at radius 2 is 1.70 bits per heavy atom. The molecule has 2 rings (SSSR count). The van der Waals surface area contributed by atoms with Crippen LogP contribution < -0.4 is 0 Å². The van der Waals surface area contributed by atoms with Crippen LogP contribution in [0.4, 0.5) is 0 Å². The number of aliphatic hydroxyl groups excluding tert-OH is 1. The van der Waals surface area contributed by atoms with E-state index in [1.165, 1.54) is 0 Å². The molecule has 2 aliphatic rings. The van der Waals surface area contributed by atoms with E-state index in [9.17, 15) is 8.42 Å². The average Bonchev–Trinajstić information content (AvgIpc) is 2.47. The van der Waals surface area contributed by atoms with E-state index in [0.29, 0.717) is 12.4 Å². The molecule has 0 atom stereocenters. The van der Waals surface area contributed by atoms with E-state index in [1.54, 1.807) is 0 Å². The van der Waals surface area contributed by atoms with Crippen molar-refractivity contribution in [2.75, 3.05) is 32.7 Å². The molecule has 0 aliphatic carbocycles. The standard InChI is InChI=1S/C7H12O4S.C6H10O2/c1-12(8,9)11-6-7-4-2-3-5-10-7;7-5-6-3-1-2-4-8-6/h4H,2-3,5-6H2,1H3;3,7H,1-2,4-5H2. The molecule has 6 nitrogen and oxygen atoms in total. The average molecular weight is 306 g/mol. The number of rotatable bonds is 4. The van der Waals surface area contributed by atoms with Gasteiger partial charge in [0.1, 0.15) is 24.7 Å². The maximum Gasteiger partial charge on any atom is 0.264 e. The number of hydrogen-bond acceptors (Lipinski definition) is 6. The summed E-state index contributed by atoms with van der Waals surface area (Å²) in [6.45, 7) is 1.50. The Labute approximate surface area is 120 Å². The molecule has 0 aromatic heterocycles. The second-order valence-electron chi connectivity index (χ2n) is 4.45. The Balaban J connectivity index is 0.000000217. The van der Waals surface area contributed by atoms with E-state index in [1.807, 2.05) is 12.2 Å². The summed E-state index contributed by atoms with van der Waals surface area (Å²) in [5.74, 6) is 1.35. The largest absolute Gasteiger partial charge is 0.496 e. The molecule has 1 N–H and O–H groups in total. The molecule has 20 heavy (non-hydrogen) atoms. The van der Waals surface area contributed by atoms with Crippen LogP contribution in [0.25, 0.3) is 0 Å². The third-order valence-corrected chi connectivity index (χ3v) is 3.13. The third kappa shape index (κ3) is 8.19. The van der Waals surface area contributed by atoms with Gasteiger partial charge in [-0.25, -0.2) is 0 Å². The minimum absolute atomic E-state index is 0.0266. The lowest BCUT2D eigenvalue weighted by Gasteiger charge is -2.13. The zero-order chi connectivity index (χ0) is 14.8. The first-order chi connectivity index (χ1) is 9.51. The minimum Gasteiger partial charge on any atom is -0.496 e. The highest BCUT2D eigenvalue weighted by molar-refractivity contribution is 7.85. The molecule has 2 heterocycles. The number of hydrogen-bond donors (Lipinski definition) is 1. The lowest BCUT2D eigenvalue weighted by Crippen LogP contribution is -2.10. The van der Waals surface area contributed by atoms with Crippen LogP contribution in [0.15, 0.2) is 23.7 Å². The highest BCUT2D eigenvalue weighted by Crippen LogP contribution is 2.10. The van der Waals surface area contributed by atoms with Crippen molar-refractivity contribution < 1.29 is 27.2 Å². The quantitative estimate of drug-likeness (QED) is 0.789. The Morgan fingerprint density at radius 3 is 2.05 bits per heavy atom. The van der Waals surface area contributed by atoms with Crippen LogP contribution >= 0.6 is 0 Å². The van der Waals surface area contributed by atoms with Gasteiger partial charge in [0.2, 0.25) is 0 Å². The fourth-order valence-electron chi connectivity index (χ4n) is 1.59. The number of allylic oxidation sites excluding steroid dienone is 2. The topological polar surface area (TPSA) is 82.1 Å². The molecule has 0 fully saturated rings. The van der Waals surface area contributed by atoms with Crippen molar-refractivity contribution in [3.63, 3.8) is 0 Å². The highest BCUT2D eigenvalue weighted by Gasteiger charge is 2.08. The van der Waals surface area contributed by atoms with Crippen molar-refractivity contribution >= 4 is 10.1 Å². The van der Waals surface area contributed by atoms with Gasteiger partial charge in [0.25, 0.3) is 10.1 Å². The van der Waals surface area contributed by atoms with Crippen LogP contribution in [-0.4, -0.2) is 46.2 Å². The van der Waals surface area contributed by atoms with Gasteiger partial charge in [-0.15, -0.1) is 0 Å². The van der Waals surface area contributed by atoms with Gasteiger partial charge in [0.15, 0.2) is 0 Å². The van der Waals surface area contributed by atoms with E-state index in [2.05, 4.69) is 4.18 Å². The summed E-state index contributed by atoms with van der Waals surface area (Å²) in [5, 5.41) is 8.50. The summed E-state index contributed by atoms with van der Waals surface area (Å²) in [5.41, 5.74) is 0. The van der Waals surface area contributed by atoms with Crippen LogP contribution in [0.1, 0.15) is 25.7 Å². The number of aliphatic hydroxyl groups is 1. The molecule has 2 aliphatic heterocycles. The Bertz CT molecular complexity index is 438. The van der Waals surface area contributed by atoms with Crippen molar-refractivity contribution in [1.29, 1.82) is 0 Å². The second kappa shape index (κ2) is 8.99. The van der Waals surface area contributed by atoms with Gasteiger partial charge in [0, 0.05) is 0 Å². The monoisotopic (exact) mass is 306 g/mol. The van der Waals surface area contributed by atoms with E-state index in [0.717, 1.165) is 44.3 Å². The van der Waals surface area contributed by atoms with Crippen LogP contribution in [-0.2, 0) is 23.8 Å². The lowest BCUT2D eigenvalue weighted by molar-refractivity contribution is 0.147. The molecule has 0 aromatic carbocycles. The molecule has 0 aromatic rings. The first-order valence-electron chi connectivity index (χ1n) is 6.60. The first kappa shape index (κ1) is 17.0. The summed E-state index contributed by atoms with van der Waals surface area (Å²) in [4.78, 5) is 0. The van der Waals surface area contributed by atoms with Gasteiger partial charge in [-0.3, -0.25) is 4.18 Å². The molecule has 0 radical (unpaired) electrons. The lowest BCUT2D eigenvalue weighted by atomic mass is 10.2. The van der Waals surface area contributed by atoms with Crippen molar-refractivity contribution in [3.8, 4) is 0 Å². The molecular weight excluding hydrogens is 284 g/mol. The zero-order valence-electron chi connectivity index (χ0n) is 11.7. The summed E-state index contributed by atoms with van der Waals surface area (Å²) in [6.07, 6.45) is 8.87. The SMILES string of the molecule is CS(=O)(=O)OCC1=CCCCO1.OCC1=CCCCO1. The molecular formula is C13H22O6S. The maximum atomic E-state index is 10.6. The molecule has 0 saturated heterocycles. The molecule has 0 spiro atoms. The van der Waals surface area contributed by atoms with Crippen molar-refractivity contribution in [2.45, 2.75) is 25.7 Å². The minimum atomic E-state index is -3.34. The summed E-state index contributed by atoms with van der Waals surface area (Å²) in [6, 6.07) is 0. The molecule has 0 saturated carbocycles. The van der Waals surface area contributed by atoms with Crippen LogP contribution in [0, 0.1) is 0 Å². The highest BCUT2D eigenvalue weighted by atomic mass is 32.2. The Kier molecular flexibility index (Phi) is 7.64. The van der Waals surface area contributed by atoms with Gasteiger partial charge in [-0.1, -0.05) is 0 Å².